The summed E-state index contributed by atoms with van der Waals surface area (Å²) in [6, 6.07) is 1.94. The summed E-state index contributed by atoms with van der Waals surface area (Å²) in [6.45, 7) is 2.00. The number of rotatable bonds is 2. The molecule has 0 spiro atoms. The Balaban J connectivity index is 2.03. The van der Waals surface area contributed by atoms with E-state index in [1.165, 1.54) is 6.42 Å². The average molecular weight is 336 g/mol. The summed E-state index contributed by atoms with van der Waals surface area (Å²) < 4.78 is 7.64. The molecule has 1 saturated heterocycles. The van der Waals surface area contributed by atoms with Crippen LogP contribution in [0.5, 0.6) is 5.88 Å². The number of pyridine rings is 1. The van der Waals surface area contributed by atoms with Crippen LogP contribution < -0.4 is 10.1 Å². The van der Waals surface area contributed by atoms with Gasteiger partial charge in [0.15, 0.2) is 0 Å². The summed E-state index contributed by atoms with van der Waals surface area (Å²) in [4.78, 5) is 4.23. The lowest BCUT2D eigenvalue weighted by Gasteiger charge is -2.23. The predicted octanol–water partition coefficient (Wildman–Crippen LogP) is 2.74. The van der Waals surface area contributed by atoms with Gasteiger partial charge in [-0.15, -0.1) is 0 Å². The molecule has 1 fully saturated rings. The highest BCUT2D eigenvalue weighted by molar-refractivity contribution is 9.11. The van der Waals surface area contributed by atoms with Crippen LogP contribution in [-0.2, 0) is 0 Å². The normalized spacial score (nSPS) is 21.3. The van der Waals surface area contributed by atoms with Crippen molar-refractivity contribution in [2.75, 3.05) is 13.1 Å². The molecule has 0 saturated carbocycles. The molecule has 5 heteroatoms. The molecule has 1 aliphatic rings. The molecule has 0 amide bonds. The fourth-order valence-electron chi connectivity index (χ4n) is 1.57. The topological polar surface area (TPSA) is 34.1 Å². The Hall–Kier alpha value is -0.130. The zero-order valence-electron chi connectivity index (χ0n) is 8.17. The van der Waals surface area contributed by atoms with Gasteiger partial charge in [-0.1, -0.05) is 0 Å². The second kappa shape index (κ2) is 5.27. The summed E-state index contributed by atoms with van der Waals surface area (Å²) in [6.07, 6.45) is 4.25. The molecule has 82 valence electrons. The first-order chi connectivity index (χ1) is 7.25. The Labute approximate surface area is 106 Å². The zero-order chi connectivity index (χ0) is 10.7. The summed E-state index contributed by atoms with van der Waals surface area (Å²) >= 11 is 6.80. The molecule has 1 aromatic rings. The maximum Gasteiger partial charge on any atom is 0.228 e. The van der Waals surface area contributed by atoms with Crippen molar-refractivity contribution in [3.8, 4) is 5.88 Å². The van der Waals surface area contributed by atoms with Crippen molar-refractivity contribution in [1.29, 1.82) is 0 Å². The lowest BCUT2D eigenvalue weighted by atomic mass is 10.1. The first kappa shape index (κ1) is 11.4. The summed E-state index contributed by atoms with van der Waals surface area (Å²) in [5.41, 5.74) is 0. The second-order valence-corrected chi connectivity index (χ2v) is 5.30. The summed E-state index contributed by atoms with van der Waals surface area (Å²) in [5, 5.41) is 3.31. The van der Waals surface area contributed by atoms with Crippen molar-refractivity contribution < 1.29 is 4.74 Å². The number of aromatic nitrogens is 1. The first-order valence-corrected chi connectivity index (χ1v) is 6.53. The lowest BCUT2D eigenvalue weighted by molar-refractivity contribution is 0.159. The van der Waals surface area contributed by atoms with E-state index in [2.05, 4.69) is 42.2 Å². The molecule has 2 rings (SSSR count). The van der Waals surface area contributed by atoms with E-state index in [0.29, 0.717) is 5.88 Å². The maximum absolute atomic E-state index is 5.80. The van der Waals surface area contributed by atoms with Crippen molar-refractivity contribution >= 4 is 31.9 Å². The monoisotopic (exact) mass is 334 g/mol. The van der Waals surface area contributed by atoms with Gasteiger partial charge in [-0.3, -0.25) is 0 Å². The number of ether oxygens (including phenoxy) is 1. The van der Waals surface area contributed by atoms with Crippen molar-refractivity contribution in [2.45, 2.75) is 18.9 Å². The van der Waals surface area contributed by atoms with Gasteiger partial charge in [-0.05, 0) is 57.3 Å². The van der Waals surface area contributed by atoms with Gasteiger partial charge >= 0.3 is 0 Å². The minimum absolute atomic E-state index is 0.240. The summed E-state index contributed by atoms with van der Waals surface area (Å²) in [5.74, 6) is 0.673. The van der Waals surface area contributed by atoms with Crippen LogP contribution in [0.15, 0.2) is 21.2 Å². The molecular formula is C10H12Br2N2O. The van der Waals surface area contributed by atoms with E-state index >= 15 is 0 Å². The molecule has 0 aliphatic carbocycles. The zero-order valence-corrected chi connectivity index (χ0v) is 11.3. The summed E-state index contributed by atoms with van der Waals surface area (Å²) in [7, 11) is 0. The average Bonchev–Trinajstić information content (AvgIpc) is 2.24. The van der Waals surface area contributed by atoms with Gasteiger partial charge in [0.25, 0.3) is 0 Å². The van der Waals surface area contributed by atoms with Crippen molar-refractivity contribution in [1.82, 2.24) is 10.3 Å². The molecule has 15 heavy (non-hydrogen) atoms. The molecule has 1 unspecified atom stereocenters. The molecule has 2 heterocycles. The van der Waals surface area contributed by atoms with Gasteiger partial charge in [-0.25, -0.2) is 4.98 Å². The predicted molar refractivity (Wildman–Crippen MR) is 66.2 cm³/mol. The molecular weight excluding hydrogens is 324 g/mol. The SMILES string of the molecule is Brc1cnc(OC2CCCNC2)c(Br)c1. The van der Waals surface area contributed by atoms with Crippen LogP contribution in [0.4, 0.5) is 0 Å². The molecule has 0 bridgehead atoms. The van der Waals surface area contributed by atoms with Gasteiger partial charge < -0.3 is 10.1 Å². The van der Waals surface area contributed by atoms with Crippen LogP contribution in [-0.4, -0.2) is 24.2 Å². The highest BCUT2D eigenvalue weighted by Gasteiger charge is 2.16. The standard InChI is InChI=1S/C10H12Br2N2O/c11-7-4-9(12)10(14-5-7)15-8-2-1-3-13-6-8/h4-5,8,13H,1-3,6H2. The van der Waals surface area contributed by atoms with E-state index < -0.39 is 0 Å². The van der Waals surface area contributed by atoms with E-state index in [9.17, 15) is 0 Å². The fourth-order valence-corrected chi connectivity index (χ4v) is 2.65. The smallest absolute Gasteiger partial charge is 0.228 e. The fraction of sp³-hybridized carbons (Fsp3) is 0.500. The quantitative estimate of drug-likeness (QED) is 0.902. The third kappa shape index (κ3) is 3.16. The number of piperidine rings is 1. The van der Waals surface area contributed by atoms with Crippen LogP contribution in [0.2, 0.25) is 0 Å². The molecule has 0 aromatic carbocycles. The van der Waals surface area contributed by atoms with Crippen molar-refractivity contribution in [2.24, 2.45) is 0 Å². The Bertz CT molecular complexity index is 340. The minimum atomic E-state index is 0.240. The molecule has 1 N–H and O–H groups in total. The van der Waals surface area contributed by atoms with Crippen LogP contribution in [0.25, 0.3) is 0 Å². The van der Waals surface area contributed by atoms with E-state index in [1.54, 1.807) is 6.20 Å². The van der Waals surface area contributed by atoms with Gasteiger partial charge in [0, 0.05) is 17.2 Å². The second-order valence-electron chi connectivity index (χ2n) is 3.53. The molecule has 1 aliphatic heterocycles. The Morgan fingerprint density at radius 3 is 3.00 bits per heavy atom. The molecule has 1 atom stereocenters. The number of hydrogen-bond donors (Lipinski definition) is 1. The number of nitrogens with one attached hydrogen (secondary N) is 1. The van der Waals surface area contributed by atoms with Crippen LogP contribution in [0.3, 0.4) is 0 Å². The minimum Gasteiger partial charge on any atom is -0.472 e. The molecule has 0 radical (unpaired) electrons. The number of halogens is 2. The van der Waals surface area contributed by atoms with E-state index in [1.807, 2.05) is 6.07 Å². The van der Waals surface area contributed by atoms with E-state index in [-0.39, 0.29) is 6.10 Å². The Morgan fingerprint density at radius 1 is 1.47 bits per heavy atom. The highest BCUT2D eigenvalue weighted by Crippen LogP contribution is 2.26. The number of hydrogen-bond acceptors (Lipinski definition) is 3. The van der Waals surface area contributed by atoms with E-state index in [0.717, 1.165) is 28.5 Å². The Morgan fingerprint density at radius 2 is 2.33 bits per heavy atom. The molecule has 1 aromatic heterocycles. The van der Waals surface area contributed by atoms with Crippen LogP contribution in [0.1, 0.15) is 12.8 Å². The van der Waals surface area contributed by atoms with Gasteiger partial charge in [0.05, 0.1) is 4.47 Å². The van der Waals surface area contributed by atoms with Gasteiger partial charge in [0.2, 0.25) is 5.88 Å². The number of nitrogens with zero attached hydrogens (tertiary/aromatic N) is 1. The third-order valence-electron chi connectivity index (χ3n) is 2.30. The van der Waals surface area contributed by atoms with Gasteiger partial charge in [0.1, 0.15) is 6.10 Å². The van der Waals surface area contributed by atoms with Gasteiger partial charge in [-0.2, -0.15) is 0 Å². The lowest BCUT2D eigenvalue weighted by Crippen LogP contribution is -2.37. The first-order valence-electron chi connectivity index (χ1n) is 4.94. The van der Waals surface area contributed by atoms with Crippen LogP contribution >= 0.6 is 31.9 Å². The van der Waals surface area contributed by atoms with Crippen LogP contribution in [0, 0.1) is 0 Å². The highest BCUT2D eigenvalue weighted by atomic mass is 79.9. The van der Waals surface area contributed by atoms with Crippen molar-refractivity contribution in [3.63, 3.8) is 0 Å². The maximum atomic E-state index is 5.80. The van der Waals surface area contributed by atoms with Crippen molar-refractivity contribution in [3.05, 3.63) is 21.2 Å². The Kier molecular flexibility index (Phi) is 3.99. The third-order valence-corrected chi connectivity index (χ3v) is 3.31. The largest absolute Gasteiger partial charge is 0.472 e. The van der Waals surface area contributed by atoms with E-state index in [4.69, 9.17) is 4.74 Å². The molecule has 3 nitrogen and oxygen atoms in total.